The number of para-hydroxylation sites is 1. The minimum Gasteiger partial charge on any atom is -0.381 e. The molecule has 194 valence electrons. The average molecular weight is 530 g/mol. The molecule has 1 aromatic heterocycles. The summed E-state index contributed by atoms with van der Waals surface area (Å²) in [5, 5.41) is 7.75. The minimum atomic E-state index is -0.246. The molecule has 2 aromatic carbocycles. The van der Waals surface area contributed by atoms with Gasteiger partial charge in [0.25, 0.3) is 5.91 Å². The van der Waals surface area contributed by atoms with Gasteiger partial charge in [0.05, 0.1) is 5.69 Å². The van der Waals surface area contributed by atoms with Crippen LogP contribution in [-0.2, 0) is 9.53 Å². The fourth-order valence-electron chi connectivity index (χ4n) is 4.49. The molecule has 0 radical (unpaired) electrons. The number of aromatic nitrogens is 2. The predicted octanol–water partition coefficient (Wildman–Crippen LogP) is 5.71. The van der Waals surface area contributed by atoms with Gasteiger partial charge < -0.3 is 14.6 Å². The van der Waals surface area contributed by atoms with E-state index in [9.17, 15) is 4.79 Å². The number of anilines is 1. The highest BCUT2D eigenvalue weighted by Crippen LogP contribution is 2.35. The monoisotopic (exact) mass is 529 g/mol. The molecule has 0 unspecified atom stereocenters. The van der Waals surface area contributed by atoms with Crippen molar-refractivity contribution in [3.05, 3.63) is 95.1 Å². The number of amidine groups is 1. The van der Waals surface area contributed by atoms with Gasteiger partial charge in [-0.15, -0.1) is 0 Å². The molecule has 2 aliphatic heterocycles. The molecule has 8 nitrogen and oxygen atoms in total. The number of aliphatic imine (C=N–C) groups is 1. The molecule has 1 fully saturated rings. The lowest BCUT2D eigenvalue weighted by atomic mass is 9.95. The molecule has 0 spiro atoms. The first-order chi connectivity index (χ1) is 18.4. The summed E-state index contributed by atoms with van der Waals surface area (Å²) in [6.07, 6.45) is 5.50. The van der Waals surface area contributed by atoms with Crippen molar-refractivity contribution in [2.75, 3.05) is 18.1 Å². The van der Waals surface area contributed by atoms with Gasteiger partial charge in [-0.2, -0.15) is 4.98 Å². The van der Waals surface area contributed by atoms with Crippen LogP contribution >= 0.6 is 11.6 Å². The fraction of sp³-hybridized carbons (Fsp3) is 0.241. The number of rotatable bonds is 6. The lowest BCUT2D eigenvalue weighted by Gasteiger charge is -2.31. The molecule has 3 heterocycles. The number of hydrogen-bond acceptors (Lipinski definition) is 7. The number of carbonyl (C=O) groups is 1. The maximum atomic E-state index is 14.1. The summed E-state index contributed by atoms with van der Waals surface area (Å²) in [5.74, 6) is 1.64. The summed E-state index contributed by atoms with van der Waals surface area (Å²) in [6, 6.07) is 15.0. The molecular weight excluding hydrogens is 502 g/mol. The quantitative estimate of drug-likeness (QED) is 0.439. The molecule has 1 saturated heterocycles. The number of ether oxygens (including phenoxy) is 1. The number of allylic oxidation sites excluding steroid dienone is 1. The van der Waals surface area contributed by atoms with Crippen LogP contribution in [0.15, 0.2) is 88.2 Å². The fourth-order valence-corrected chi connectivity index (χ4v) is 4.77. The highest BCUT2D eigenvalue weighted by Gasteiger charge is 2.33. The third-order valence-corrected chi connectivity index (χ3v) is 6.72. The van der Waals surface area contributed by atoms with Gasteiger partial charge in [0.15, 0.2) is 0 Å². The molecule has 3 aromatic rings. The molecule has 5 rings (SSSR count). The Morgan fingerprint density at radius 2 is 1.97 bits per heavy atom. The van der Waals surface area contributed by atoms with E-state index in [1.54, 1.807) is 24.0 Å². The second kappa shape index (κ2) is 11.2. The Labute approximate surface area is 226 Å². The van der Waals surface area contributed by atoms with E-state index in [4.69, 9.17) is 25.9 Å². The number of benzene rings is 2. The third kappa shape index (κ3) is 5.32. The van der Waals surface area contributed by atoms with Gasteiger partial charge in [-0.05, 0) is 44.0 Å². The Balaban J connectivity index is 1.54. The van der Waals surface area contributed by atoms with E-state index in [1.807, 2.05) is 55.5 Å². The van der Waals surface area contributed by atoms with Gasteiger partial charge in [0.2, 0.25) is 11.7 Å². The lowest BCUT2D eigenvalue weighted by molar-refractivity contribution is -0.112. The predicted molar refractivity (Wildman–Crippen MR) is 149 cm³/mol. The maximum Gasteiger partial charge on any atom is 0.264 e. The van der Waals surface area contributed by atoms with Gasteiger partial charge in [-0.1, -0.05) is 59.7 Å². The summed E-state index contributed by atoms with van der Waals surface area (Å²) in [7, 11) is 0. The van der Waals surface area contributed by atoms with Gasteiger partial charge in [0.1, 0.15) is 11.7 Å². The molecule has 38 heavy (non-hydrogen) atoms. The van der Waals surface area contributed by atoms with Crippen molar-refractivity contribution in [3.63, 3.8) is 0 Å². The highest BCUT2D eigenvalue weighted by atomic mass is 35.5. The number of nitrogens with zero attached hydrogens (tertiary/aromatic N) is 4. The second-order valence-corrected chi connectivity index (χ2v) is 9.43. The van der Waals surface area contributed by atoms with Crippen LogP contribution in [0.1, 0.15) is 31.2 Å². The first kappa shape index (κ1) is 25.6. The van der Waals surface area contributed by atoms with E-state index in [0.29, 0.717) is 64.0 Å². The molecule has 0 aliphatic carbocycles. The normalized spacial score (nSPS) is 18.7. The van der Waals surface area contributed by atoms with E-state index in [1.165, 1.54) is 0 Å². The molecular formula is C29H28ClN5O3. The summed E-state index contributed by atoms with van der Waals surface area (Å²) < 4.78 is 10.5. The summed E-state index contributed by atoms with van der Waals surface area (Å²) >= 11 is 6.72. The Bertz CT molecular complexity index is 1450. The first-order valence-corrected chi connectivity index (χ1v) is 12.8. The van der Waals surface area contributed by atoms with Crippen molar-refractivity contribution >= 4 is 34.6 Å². The van der Waals surface area contributed by atoms with E-state index < -0.39 is 0 Å². The highest BCUT2D eigenvalue weighted by molar-refractivity contribution is 6.44. The van der Waals surface area contributed by atoms with Crippen molar-refractivity contribution in [2.24, 2.45) is 4.99 Å². The van der Waals surface area contributed by atoms with Crippen LogP contribution in [0.4, 0.5) is 5.69 Å². The SMILES string of the molecule is C=C(/N=C1\C(=C/C)C=C(c2ccc(-c3noc(C)n3)cc2Cl)C(=O)N1c1ccccc1)NC1CCOCC1. The summed E-state index contributed by atoms with van der Waals surface area (Å²) in [4.78, 5) is 24.7. The van der Waals surface area contributed by atoms with Crippen LogP contribution in [0.25, 0.3) is 17.0 Å². The zero-order chi connectivity index (χ0) is 26.6. The number of nitrogens with one attached hydrogen (secondary N) is 1. The van der Waals surface area contributed by atoms with Gasteiger partial charge >= 0.3 is 0 Å². The van der Waals surface area contributed by atoms with E-state index in [0.717, 1.165) is 18.4 Å². The largest absolute Gasteiger partial charge is 0.381 e. The lowest BCUT2D eigenvalue weighted by Crippen LogP contribution is -2.42. The molecule has 0 atom stereocenters. The Hall–Kier alpha value is -4.01. The van der Waals surface area contributed by atoms with E-state index in [2.05, 4.69) is 22.0 Å². The Morgan fingerprint density at radius 1 is 1.21 bits per heavy atom. The number of hydrogen-bond donors (Lipinski definition) is 1. The van der Waals surface area contributed by atoms with Crippen molar-refractivity contribution in [2.45, 2.75) is 32.7 Å². The van der Waals surface area contributed by atoms with Gasteiger partial charge in [-0.3, -0.25) is 9.69 Å². The van der Waals surface area contributed by atoms with Crippen molar-refractivity contribution in [3.8, 4) is 11.4 Å². The topological polar surface area (TPSA) is 92.8 Å². The molecule has 1 N–H and O–H groups in total. The van der Waals surface area contributed by atoms with Crippen LogP contribution < -0.4 is 10.2 Å². The molecule has 1 amide bonds. The summed E-state index contributed by atoms with van der Waals surface area (Å²) in [5.41, 5.74) is 3.20. The van der Waals surface area contributed by atoms with Crippen molar-refractivity contribution in [1.29, 1.82) is 0 Å². The molecule has 0 saturated carbocycles. The van der Waals surface area contributed by atoms with E-state index in [-0.39, 0.29) is 11.9 Å². The van der Waals surface area contributed by atoms with Crippen LogP contribution in [0.2, 0.25) is 5.02 Å². The molecule has 0 bridgehead atoms. The average Bonchev–Trinajstić information content (AvgIpc) is 3.36. The zero-order valence-electron chi connectivity index (χ0n) is 21.3. The minimum absolute atomic E-state index is 0.227. The summed E-state index contributed by atoms with van der Waals surface area (Å²) in [6.45, 7) is 9.17. The third-order valence-electron chi connectivity index (χ3n) is 6.41. The Morgan fingerprint density at radius 3 is 2.63 bits per heavy atom. The van der Waals surface area contributed by atoms with Gasteiger partial charge in [0, 0.05) is 53.5 Å². The van der Waals surface area contributed by atoms with Crippen LogP contribution in [0.3, 0.4) is 0 Å². The van der Waals surface area contributed by atoms with Crippen LogP contribution in [0.5, 0.6) is 0 Å². The number of aryl methyl sites for hydroxylation is 1. The van der Waals surface area contributed by atoms with Gasteiger partial charge in [-0.25, -0.2) is 4.99 Å². The smallest absolute Gasteiger partial charge is 0.264 e. The van der Waals surface area contributed by atoms with E-state index >= 15 is 0 Å². The number of amides is 1. The van der Waals surface area contributed by atoms with Crippen LogP contribution in [-0.4, -0.2) is 41.1 Å². The maximum absolute atomic E-state index is 14.1. The standard InChI is InChI=1S/C29H28ClN5O3/c1-4-20-16-25(24-11-10-21(17-26(24)30)27-33-19(3)38-34-27)29(36)35(23-8-6-5-7-9-23)28(20)32-18(2)31-22-12-14-37-15-13-22/h4-11,16-17,22,31H,2,12-15H2,1,3H3/b20-4-,32-28+. The number of carbonyl (C=O) groups excluding carboxylic acids is 1. The second-order valence-electron chi connectivity index (χ2n) is 9.02. The van der Waals surface area contributed by atoms with Crippen molar-refractivity contribution < 1.29 is 14.1 Å². The zero-order valence-corrected chi connectivity index (χ0v) is 22.0. The molecule has 2 aliphatic rings. The first-order valence-electron chi connectivity index (χ1n) is 12.4. The molecule has 9 heteroatoms. The Kier molecular flexibility index (Phi) is 7.53. The number of halogens is 1. The van der Waals surface area contributed by atoms with Crippen molar-refractivity contribution in [1.82, 2.24) is 15.5 Å². The van der Waals surface area contributed by atoms with Crippen LogP contribution in [0, 0.1) is 6.92 Å².